The van der Waals surface area contributed by atoms with Crippen LogP contribution in [0.25, 0.3) is 0 Å². The van der Waals surface area contributed by atoms with Crippen molar-refractivity contribution in [3.8, 4) is 5.75 Å². The number of aryl methyl sites for hydroxylation is 1. The molecule has 0 aliphatic carbocycles. The van der Waals surface area contributed by atoms with Gasteiger partial charge in [0, 0.05) is 5.56 Å². The molecular formula is C10H10INO2. The Hall–Kier alpha value is -0.780. The summed E-state index contributed by atoms with van der Waals surface area (Å²) in [5.41, 5.74) is 2.93. The number of ether oxygens (including phenoxy) is 1. The molecule has 74 valence electrons. The molecule has 0 atom stereocenters. The Morgan fingerprint density at radius 1 is 1.50 bits per heavy atom. The summed E-state index contributed by atoms with van der Waals surface area (Å²) < 4.78 is 6.86. The van der Waals surface area contributed by atoms with Crippen molar-refractivity contribution >= 4 is 28.8 Å². The first-order valence-electron chi connectivity index (χ1n) is 4.28. The van der Waals surface area contributed by atoms with E-state index in [0.717, 1.165) is 22.4 Å². The van der Waals surface area contributed by atoms with E-state index in [-0.39, 0.29) is 5.91 Å². The van der Waals surface area contributed by atoms with Gasteiger partial charge >= 0.3 is 0 Å². The molecule has 1 heterocycles. The molecule has 0 saturated heterocycles. The third-order valence-corrected chi connectivity index (χ3v) is 3.16. The Bertz CT molecular complexity index is 403. The predicted octanol–water partition coefficient (Wildman–Crippen LogP) is 2.31. The third-order valence-electron chi connectivity index (χ3n) is 2.38. The third kappa shape index (κ3) is 1.37. The molecule has 4 heteroatoms. The fourth-order valence-corrected chi connectivity index (χ4v) is 2.28. The number of carbonyl (C=O) groups is 1. The van der Waals surface area contributed by atoms with Crippen molar-refractivity contribution < 1.29 is 9.53 Å². The molecule has 2 rings (SSSR count). The smallest absolute Gasteiger partial charge is 0.263 e. The van der Waals surface area contributed by atoms with Crippen LogP contribution in [0.2, 0.25) is 0 Å². The van der Waals surface area contributed by atoms with Gasteiger partial charge in [0.15, 0.2) is 0 Å². The number of halogens is 1. The van der Waals surface area contributed by atoms with Crippen molar-refractivity contribution in [3.63, 3.8) is 0 Å². The van der Waals surface area contributed by atoms with Crippen LogP contribution >= 0.6 is 22.9 Å². The lowest BCUT2D eigenvalue weighted by molar-refractivity contribution is 0.0904. The van der Waals surface area contributed by atoms with Gasteiger partial charge in [-0.05, 0) is 30.2 Å². The Morgan fingerprint density at radius 3 is 2.86 bits per heavy atom. The lowest BCUT2D eigenvalue weighted by Gasteiger charge is -2.05. The topological polar surface area (TPSA) is 29.5 Å². The van der Waals surface area contributed by atoms with E-state index in [2.05, 4.69) is 0 Å². The molecule has 0 aromatic heterocycles. The number of nitrogens with zero attached hydrogens (tertiary/aromatic N) is 1. The standard InChI is InChI=1S/C10H10INO2/c1-6-3-7-5-12(11)10(13)8(7)4-9(6)14-2/h3-4H,5H2,1-2H3. The highest BCUT2D eigenvalue weighted by atomic mass is 127. The summed E-state index contributed by atoms with van der Waals surface area (Å²) in [6.07, 6.45) is 0. The van der Waals surface area contributed by atoms with Crippen LogP contribution in [0.15, 0.2) is 12.1 Å². The molecule has 0 bridgehead atoms. The van der Waals surface area contributed by atoms with Crippen LogP contribution in [0.4, 0.5) is 0 Å². The van der Waals surface area contributed by atoms with Gasteiger partial charge in [0.05, 0.1) is 36.5 Å². The van der Waals surface area contributed by atoms with E-state index in [4.69, 9.17) is 4.74 Å². The van der Waals surface area contributed by atoms with Crippen molar-refractivity contribution in [2.45, 2.75) is 13.5 Å². The second-order valence-electron chi connectivity index (χ2n) is 3.30. The first-order chi connectivity index (χ1) is 6.63. The Balaban J connectivity index is 2.55. The summed E-state index contributed by atoms with van der Waals surface area (Å²) in [7, 11) is 1.62. The van der Waals surface area contributed by atoms with E-state index in [0.29, 0.717) is 6.54 Å². The highest BCUT2D eigenvalue weighted by molar-refractivity contribution is 14.1. The molecule has 0 fully saturated rings. The van der Waals surface area contributed by atoms with Gasteiger partial charge in [0.25, 0.3) is 5.91 Å². The van der Waals surface area contributed by atoms with Gasteiger partial charge in [-0.2, -0.15) is 0 Å². The van der Waals surface area contributed by atoms with Gasteiger partial charge in [-0.15, -0.1) is 0 Å². The van der Waals surface area contributed by atoms with Crippen molar-refractivity contribution in [1.29, 1.82) is 0 Å². The molecule has 0 radical (unpaired) electrons. The first kappa shape index (κ1) is 9.76. The molecule has 1 aromatic carbocycles. The van der Waals surface area contributed by atoms with Crippen LogP contribution in [0, 0.1) is 6.92 Å². The van der Waals surface area contributed by atoms with Gasteiger partial charge in [0.2, 0.25) is 0 Å². The van der Waals surface area contributed by atoms with E-state index >= 15 is 0 Å². The van der Waals surface area contributed by atoms with Crippen molar-refractivity contribution in [2.75, 3.05) is 7.11 Å². The van der Waals surface area contributed by atoms with Crippen molar-refractivity contribution in [1.82, 2.24) is 3.11 Å². The molecule has 0 unspecified atom stereocenters. The normalized spacial score (nSPS) is 14.5. The predicted molar refractivity (Wildman–Crippen MR) is 61.6 cm³/mol. The van der Waals surface area contributed by atoms with Crippen LogP contribution < -0.4 is 4.74 Å². The summed E-state index contributed by atoms with van der Waals surface area (Å²) in [6.45, 7) is 2.68. The Morgan fingerprint density at radius 2 is 2.21 bits per heavy atom. The molecule has 1 aliphatic heterocycles. The second-order valence-corrected chi connectivity index (χ2v) is 4.47. The van der Waals surface area contributed by atoms with Gasteiger partial charge < -0.3 is 4.74 Å². The fourth-order valence-electron chi connectivity index (χ4n) is 1.65. The zero-order valence-electron chi connectivity index (χ0n) is 8.00. The number of rotatable bonds is 1. The van der Waals surface area contributed by atoms with Crippen LogP contribution in [-0.4, -0.2) is 16.1 Å². The lowest BCUT2D eigenvalue weighted by Crippen LogP contribution is -2.10. The van der Waals surface area contributed by atoms with E-state index in [1.54, 1.807) is 10.2 Å². The fraction of sp³-hybridized carbons (Fsp3) is 0.300. The van der Waals surface area contributed by atoms with Gasteiger partial charge in [-0.3, -0.25) is 7.91 Å². The summed E-state index contributed by atoms with van der Waals surface area (Å²) in [5, 5.41) is 0. The van der Waals surface area contributed by atoms with Crippen LogP contribution in [0.5, 0.6) is 5.75 Å². The van der Waals surface area contributed by atoms with Gasteiger partial charge in [0.1, 0.15) is 5.75 Å². The quantitative estimate of drug-likeness (QED) is 0.588. The van der Waals surface area contributed by atoms with Crippen LogP contribution in [0.3, 0.4) is 0 Å². The number of methoxy groups -OCH3 is 1. The maximum absolute atomic E-state index is 11.6. The first-order valence-corrected chi connectivity index (χ1v) is 5.25. The number of benzene rings is 1. The molecular weight excluding hydrogens is 293 g/mol. The van der Waals surface area contributed by atoms with Crippen LogP contribution in [0.1, 0.15) is 21.5 Å². The lowest BCUT2D eigenvalue weighted by atomic mass is 10.1. The molecule has 14 heavy (non-hydrogen) atoms. The molecule has 0 N–H and O–H groups in total. The minimum Gasteiger partial charge on any atom is -0.496 e. The number of carbonyl (C=O) groups excluding carboxylic acids is 1. The Labute approximate surface area is 96.5 Å². The average molecular weight is 303 g/mol. The molecule has 1 aliphatic rings. The summed E-state index contributed by atoms with van der Waals surface area (Å²) in [5.74, 6) is 0.850. The van der Waals surface area contributed by atoms with E-state index < -0.39 is 0 Å². The van der Waals surface area contributed by atoms with Gasteiger partial charge in [-0.1, -0.05) is 0 Å². The molecule has 1 aromatic rings. The van der Waals surface area contributed by atoms with Crippen molar-refractivity contribution in [3.05, 3.63) is 28.8 Å². The second kappa shape index (κ2) is 3.42. The molecule has 0 spiro atoms. The SMILES string of the molecule is COc1cc2c(cc1C)CN(I)C2=O. The minimum atomic E-state index is 0.0684. The monoisotopic (exact) mass is 303 g/mol. The van der Waals surface area contributed by atoms with Crippen LogP contribution in [-0.2, 0) is 6.54 Å². The molecule has 3 nitrogen and oxygen atoms in total. The molecule has 0 saturated carbocycles. The average Bonchev–Trinajstić information content (AvgIpc) is 2.41. The van der Waals surface area contributed by atoms with E-state index in [1.807, 2.05) is 41.9 Å². The Kier molecular flexibility index (Phi) is 2.38. The van der Waals surface area contributed by atoms with E-state index in [9.17, 15) is 4.79 Å². The summed E-state index contributed by atoms with van der Waals surface area (Å²) in [6, 6.07) is 3.84. The highest BCUT2D eigenvalue weighted by Gasteiger charge is 2.26. The summed E-state index contributed by atoms with van der Waals surface area (Å²) in [4.78, 5) is 11.6. The van der Waals surface area contributed by atoms with Crippen molar-refractivity contribution in [2.24, 2.45) is 0 Å². The zero-order chi connectivity index (χ0) is 10.3. The highest BCUT2D eigenvalue weighted by Crippen LogP contribution is 2.31. The maximum atomic E-state index is 11.6. The number of amides is 1. The maximum Gasteiger partial charge on any atom is 0.263 e. The molecule has 1 amide bonds. The number of hydrogen-bond donors (Lipinski definition) is 0. The summed E-state index contributed by atoms with van der Waals surface area (Å²) >= 11 is 2.03. The number of fused-ring (bicyclic) bond motifs is 1. The largest absolute Gasteiger partial charge is 0.496 e. The minimum absolute atomic E-state index is 0.0684. The zero-order valence-corrected chi connectivity index (χ0v) is 10.2. The number of hydrogen-bond acceptors (Lipinski definition) is 2. The van der Waals surface area contributed by atoms with Gasteiger partial charge in [-0.25, -0.2) is 0 Å². The van der Waals surface area contributed by atoms with E-state index in [1.165, 1.54) is 0 Å².